The largest absolute Gasteiger partial charge is 0.513 e. The first-order valence-electron chi connectivity index (χ1n) is 9.17. The first-order valence-corrected chi connectivity index (χ1v) is 9.17. The Kier molecular flexibility index (Phi) is 6.38. The zero-order valence-electron chi connectivity index (χ0n) is 16.4. The number of halogens is 3. The minimum atomic E-state index is -5.04. The number of carbonyl (C=O) groups excluding carboxylic acids is 1. The van der Waals surface area contributed by atoms with E-state index < -0.39 is 34.9 Å². The van der Waals surface area contributed by atoms with E-state index in [-0.39, 0.29) is 35.8 Å². The number of alkyl halides is 3. The van der Waals surface area contributed by atoms with Crippen LogP contribution in [-0.4, -0.2) is 19.4 Å². The van der Waals surface area contributed by atoms with Crippen LogP contribution in [-0.2, 0) is 10.9 Å². The summed E-state index contributed by atoms with van der Waals surface area (Å²) < 4.78 is 66.1. The summed E-state index contributed by atoms with van der Waals surface area (Å²) in [5.74, 6) is -2.74. The van der Waals surface area contributed by atoms with Gasteiger partial charge in [-0.05, 0) is 38.1 Å². The summed E-state index contributed by atoms with van der Waals surface area (Å²) >= 11 is 0. The first kappa shape index (κ1) is 22.0. The van der Waals surface area contributed by atoms with Gasteiger partial charge < -0.3 is 23.4 Å². The lowest BCUT2D eigenvalue weighted by molar-refractivity contribution is -0.154. The molecule has 0 unspecified atom stereocenters. The predicted octanol–water partition coefficient (Wildman–Crippen LogP) is 5.54. The van der Waals surface area contributed by atoms with Gasteiger partial charge in [-0.25, -0.2) is 4.79 Å². The van der Waals surface area contributed by atoms with Crippen molar-refractivity contribution in [1.29, 1.82) is 0 Å². The first-order chi connectivity index (χ1) is 14.7. The zero-order valence-corrected chi connectivity index (χ0v) is 16.4. The standard InChI is InChI=1S/C21H17F3O7/c1-3-27-14-7-5-6-8-15(14)30-18-17(25)13-10-9-12(29-20(26)28-4-2)11-16(13)31-19(18)21(22,23)24/h5-11H,3-4H2,1-2H3. The SMILES string of the molecule is CCOC(=O)Oc1ccc2c(=O)c(Oc3ccccc3OCC)c(C(F)(F)F)oc2c1. The molecule has 0 spiro atoms. The van der Waals surface area contributed by atoms with Crippen LogP contribution >= 0.6 is 0 Å². The van der Waals surface area contributed by atoms with Gasteiger partial charge in [-0.1, -0.05) is 12.1 Å². The summed E-state index contributed by atoms with van der Waals surface area (Å²) in [5, 5.41) is -0.201. The van der Waals surface area contributed by atoms with E-state index in [9.17, 15) is 22.8 Å². The van der Waals surface area contributed by atoms with E-state index in [1.807, 2.05) is 0 Å². The third-order valence-corrected chi connectivity index (χ3v) is 3.90. The van der Waals surface area contributed by atoms with Gasteiger partial charge in [0.1, 0.15) is 11.3 Å². The molecule has 0 fully saturated rings. The molecule has 0 saturated heterocycles. The summed E-state index contributed by atoms with van der Waals surface area (Å²) in [6.07, 6.45) is -6.09. The molecule has 0 aliphatic heterocycles. The second-order valence-electron chi connectivity index (χ2n) is 6.01. The number of benzene rings is 2. The Labute approximate surface area is 173 Å². The fourth-order valence-electron chi connectivity index (χ4n) is 2.66. The van der Waals surface area contributed by atoms with Gasteiger partial charge in [0, 0.05) is 6.07 Å². The highest BCUT2D eigenvalue weighted by atomic mass is 19.4. The predicted molar refractivity (Wildman–Crippen MR) is 103 cm³/mol. The average molecular weight is 438 g/mol. The molecule has 0 N–H and O–H groups in total. The molecule has 2 aromatic carbocycles. The normalized spacial score (nSPS) is 11.3. The van der Waals surface area contributed by atoms with Crippen LogP contribution in [0.15, 0.2) is 51.7 Å². The fraction of sp³-hybridized carbons (Fsp3) is 0.238. The summed E-state index contributed by atoms with van der Waals surface area (Å²) in [6.45, 7) is 3.53. The van der Waals surface area contributed by atoms with Crippen LogP contribution in [0.5, 0.6) is 23.0 Å². The highest BCUT2D eigenvalue weighted by Gasteiger charge is 2.40. The van der Waals surface area contributed by atoms with Crippen molar-refractivity contribution in [2.75, 3.05) is 13.2 Å². The monoisotopic (exact) mass is 438 g/mol. The number of para-hydroxylation sites is 2. The summed E-state index contributed by atoms with van der Waals surface area (Å²) in [4.78, 5) is 24.3. The van der Waals surface area contributed by atoms with Crippen molar-refractivity contribution < 1.29 is 41.3 Å². The minimum Gasteiger partial charge on any atom is -0.490 e. The Balaban J connectivity index is 2.12. The number of hydrogen-bond acceptors (Lipinski definition) is 7. The van der Waals surface area contributed by atoms with Crippen molar-refractivity contribution in [2.24, 2.45) is 0 Å². The van der Waals surface area contributed by atoms with Gasteiger partial charge in [-0.2, -0.15) is 13.2 Å². The quantitative estimate of drug-likeness (QED) is 0.369. The Hall–Kier alpha value is -3.69. The number of hydrogen-bond donors (Lipinski definition) is 0. The Morgan fingerprint density at radius 1 is 1.03 bits per heavy atom. The highest BCUT2D eigenvalue weighted by molar-refractivity contribution is 5.80. The van der Waals surface area contributed by atoms with Crippen molar-refractivity contribution in [3.63, 3.8) is 0 Å². The lowest BCUT2D eigenvalue weighted by Gasteiger charge is -2.15. The maximum atomic E-state index is 13.7. The van der Waals surface area contributed by atoms with Gasteiger partial charge in [0.15, 0.2) is 11.5 Å². The molecular weight excluding hydrogens is 421 g/mol. The molecule has 0 aliphatic carbocycles. The van der Waals surface area contributed by atoms with Gasteiger partial charge in [0.05, 0.1) is 18.6 Å². The molecule has 10 heteroatoms. The molecule has 0 amide bonds. The van der Waals surface area contributed by atoms with Gasteiger partial charge >= 0.3 is 12.3 Å². The maximum absolute atomic E-state index is 13.7. The van der Waals surface area contributed by atoms with Crippen LogP contribution in [0.2, 0.25) is 0 Å². The molecule has 7 nitrogen and oxygen atoms in total. The number of rotatable bonds is 6. The zero-order chi connectivity index (χ0) is 22.6. The van der Waals surface area contributed by atoms with E-state index in [0.717, 1.165) is 12.1 Å². The van der Waals surface area contributed by atoms with Crippen molar-refractivity contribution >= 4 is 17.1 Å². The van der Waals surface area contributed by atoms with Crippen LogP contribution in [0.3, 0.4) is 0 Å². The molecule has 0 atom stereocenters. The molecule has 0 bridgehead atoms. The molecule has 164 valence electrons. The Bertz CT molecular complexity index is 1150. The summed E-state index contributed by atoms with van der Waals surface area (Å²) in [7, 11) is 0. The van der Waals surface area contributed by atoms with Crippen LogP contribution in [0.1, 0.15) is 19.6 Å². The summed E-state index contributed by atoms with van der Waals surface area (Å²) in [5.41, 5.74) is -1.49. The topological polar surface area (TPSA) is 84.2 Å². The fourth-order valence-corrected chi connectivity index (χ4v) is 2.66. The number of carbonyl (C=O) groups is 1. The number of ether oxygens (including phenoxy) is 4. The van der Waals surface area contributed by atoms with Crippen molar-refractivity contribution in [2.45, 2.75) is 20.0 Å². The Morgan fingerprint density at radius 3 is 2.39 bits per heavy atom. The molecule has 1 heterocycles. The smallest absolute Gasteiger partial charge is 0.490 e. The van der Waals surface area contributed by atoms with Crippen LogP contribution < -0.4 is 19.6 Å². The van der Waals surface area contributed by atoms with Crippen LogP contribution in [0.4, 0.5) is 18.0 Å². The molecule has 1 aromatic heterocycles. The number of fused-ring (bicyclic) bond motifs is 1. The second-order valence-corrected chi connectivity index (χ2v) is 6.01. The van der Waals surface area contributed by atoms with E-state index in [0.29, 0.717) is 0 Å². The molecule has 3 rings (SSSR count). The molecule has 0 aliphatic rings. The summed E-state index contributed by atoms with van der Waals surface area (Å²) in [6, 6.07) is 9.36. The van der Waals surface area contributed by atoms with E-state index in [1.165, 1.54) is 24.3 Å². The van der Waals surface area contributed by atoms with Crippen LogP contribution in [0.25, 0.3) is 11.0 Å². The molecular formula is C21H17F3O7. The Morgan fingerprint density at radius 2 is 1.74 bits per heavy atom. The van der Waals surface area contributed by atoms with E-state index in [1.54, 1.807) is 19.9 Å². The van der Waals surface area contributed by atoms with Gasteiger partial charge in [0.25, 0.3) is 5.76 Å². The third kappa shape index (κ3) is 4.90. The van der Waals surface area contributed by atoms with Crippen molar-refractivity contribution in [1.82, 2.24) is 0 Å². The molecule has 3 aromatic rings. The van der Waals surface area contributed by atoms with Crippen molar-refractivity contribution in [3.05, 3.63) is 58.4 Å². The molecule has 0 radical (unpaired) electrons. The molecule has 0 saturated carbocycles. The third-order valence-electron chi connectivity index (χ3n) is 3.90. The van der Waals surface area contributed by atoms with Gasteiger partial charge in [-0.15, -0.1) is 0 Å². The molecule has 31 heavy (non-hydrogen) atoms. The van der Waals surface area contributed by atoms with E-state index in [2.05, 4.69) is 4.74 Å². The van der Waals surface area contributed by atoms with Crippen LogP contribution in [0, 0.1) is 0 Å². The van der Waals surface area contributed by atoms with Gasteiger partial charge in [-0.3, -0.25) is 4.79 Å². The van der Waals surface area contributed by atoms with E-state index >= 15 is 0 Å². The van der Waals surface area contributed by atoms with Gasteiger partial charge in [0.2, 0.25) is 11.2 Å². The highest BCUT2D eigenvalue weighted by Crippen LogP contribution is 2.40. The van der Waals surface area contributed by atoms with E-state index in [4.69, 9.17) is 18.6 Å². The minimum absolute atomic E-state index is 0.0453. The average Bonchev–Trinajstić information content (AvgIpc) is 2.70. The second kappa shape index (κ2) is 8.99. The lowest BCUT2D eigenvalue weighted by atomic mass is 10.2. The van der Waals surface area contributed by atoms with Crippen molar-refractivity contribution in [3.8, 4) is 23.0 Å². The lowest BCUT2D eigenvalue weighted by Crippen LogP contribution is -2.16. The maximum Gasteiger partial charge on any atom is 0.513 e.